The molecule has 1 heterocycles. The summed E-state index contributed by atoms with van der Waals surface area (Å²) in [7, 11) is 0. The number of nitrogens with one attached hydrogen (secondary N) is 2. The Morgan fingerprint density at radius 2 is 1.97 bits per heavy atom. The summed E-state index contributed by atoms with van der Waals surface area (Å²) >= 11 is 6.10. The van der Waals surface area contributed by atoms with Crippen LogP contribution in [0, 0.1) is 17.0 Å². The molecule has 0 spiro atoms. The summed E-state index contributed by atoms with van der Waals surface area (Å²) in [6.45, 7) is 2.05. The Morgan fingerprint density at radius 3 is 2.69 bits per heavy atom. The number of carbonyl (C=O) groups excluding carboxylic acids is 1. The van der Waals surface area contributed by atoms with Crippen LogP contribution in [0.5, 0.6) is 0 Å². The maximum Gasteiger partial charge on any atom is 0.270 e. The van der Waals surface area contributed by atoms with Gasteiger partial charge in [-0.15, -0.1) is 0 Å². The van der Waals surface area contributed by atoms with Crippen molar-refractivity contribution < 1.29 is 14.1 Å². The number of furan rings is 1. The van der Waals surface area contributed by atoms with Crippen LogP contribution >= 0.6 is 11.6 Å². The number of rotatable bonds is 7. The first-order valence-corrected chi connectivity index (χ1v) is 8.97. The molecule has 2 N–H and O–H groups in total. The van der Waals surface area contributed by atoms with Crippen LogP contribution in [0.25, 0.3) is 11.3 Å². The summed E-state index contributed by atoms with van der Waals surface area (Å²) in [6, 6.07) is 15.0. The van der Waals surface area contributed by atoms with Crippen LogP contribution in [-0.2, 0) is 4.79 Å². The molecule has 148 valence electrons. The molecule has 1 amide bonds. The number of hydrazone groups is 1. The van der Waals surface area contributed by atoms with Crippen LogP contribution in [0.4, 0.5) is 11.4 Å². The Hall–Kier alpha value is -3.65. The second-order valence-electron chi connectivity index (χ2n) is 6.14. The van der Waals surface area contributed by atoms with Gasteiger partial charge in [0.05, 0.1) is 22.7 Å². The van der Waals surface area contributed by atoms with Gasteiger partial charge < -0.3 is 9.73 Å². The number of hydrogen-bond acceptors (Lipinski definition) is 6. The molecule has 1 aromatic heterocycles. The summed E-state index contributed by atoms with van der Waals surface area (Å²) in [6.07, 6.45) is 1.33. The molecular formula is C20H17ClN4O4. The molecule has 2 aromatic carbocycles. The quantitative estimate of drug-likeness (QED) is 0.340. The summed E-state index contributed by atoms with van der Waals surface area (Å²) in [5.74, 6) is 0.386. The van der Waals surface area contributed by atoms with E-state index < -0.39 is 4.92 Å². The largest absolute Gasteiger partial charge is 0.455 e. The van der Waals surface area contributed by atoms with E-state index in [0.717, 1.165) is 11.3 Å². The number of non-ortho nitro benzene ring substituents is 1. The average molecular weight is 413 g/mol. The van der Waals surface area contributed by atoms with Crippen molar-refractivity contribution in [2.24, 2.45) is 5.10 Å². The molecule has 0 saturated heterocycles. The van der Waals surface area contributed by atoms with E-state index >= 15 is 0 Å². The number of nitro benzene ring substituents is 1. The van der Waals surface area contributed by atoms with Crippen molar-refractivity contribution >= 4 is 35.1 Å². The SMILES string of the molecule is Cc1ccc(NCC(=O)N/N=C/c2ccc(-c3cc([N+](=O)[O-])ccc3Cl)o2)cc1. The minimum Gasteiger partial charge on any atom is -0.455 e. The minimum absolute atomic E-state index is 0.0626. The van der Waals surface area contributed by atoms with Gasteiger partial charge in [0.2, 0.25) is 0 Å². The summed E-state index contributed by atoms with van der Waals surface area (Å²) in [4.78, 5) is 22.3. The predicted octanol–water partition coefficient (Wildman–Crippen LogP) is 4.38. The Kier molecular flexibility index (Phi) is 6.25. The second-order valence-corrected chi connectivity index (χ2v) is 6.54. The van der Waals surface area contributed by atoms with Gasteiger partial charge in [0.1, 0.15) is 11.5 Å². The standard InChI is InChI=1S/C20H17ClN4O4/c1-13-2-4-14(5-3-13)22-12-20(26)24-23-11-16-7-9-19(29-16)17-10-15(25(27)28)6-8-18(17)21/h2-11,22H,12H2,1H3,(H,24,26)/b23-11+. The second kappa shape index (κ2) is 9.03. The maximum atomic E-state index is 11.8. The molecule has 8 nitrogen and oxygen atoms in total. The Labute approximate surface area is 171 Å². The molecule has 0 aliphatic rings. The third kappa shape index (κ3) is 5.43. The molecule has 9 heteroatoms. The number of benzene rings is 2. The molecule has 0 unspecified atom stereocenters. The van der Waals surface area contributed by atoms with Gasteiger partial charge in [0.15, 0.2) is 0 Å². The molecule has 29 heavy (non-hydrogen) atoms. The van der Waals surface area contributed by atoms with E-state index in [9.17, 15) is 14.9 Å². The number of halogens is 1. The minimum atomic E-state index is -0.509. The van der Waals surface area contributed by atoms with Crippen molar-refractivity contribution in [1.29, 1.82) is 0 Å². The zero-order chi connectivity index (χ0) is 20.8. The van der Waals surface area contributed by atoms with Crippen molar-refractivity contribution in [2.45, 2.75) is 6.92 Å². The van der Waals surface area contributed by atoms with Gasteiger partial charge in [-0.05, 0) is 37.3 Å². The highest BCUT2D eigenvalue weighted by molar-refractivity contribution is 6.33. The average Bonchev–Trinajstić information content (AvgIpc) is 3.16. The lowest BCUT2D eigenvalue weighted by molar-refractivity contribution is -0.384. The van der Waals surface area contributed by atoms with Crippen LogP contribution in [0.3, 0.4) is 0 Å². The van der Waals surface area contributed by atoms with Crippen molar-refractivity contribution in [3.8, 4) is 11.3 Å². The fourth-order valence-electron chi connectivity index (χ4n) is 2.44. The molecule has 0 saturated carbocycles. The monoisotopic (exact) mass is 412 g/mol. The fraction of sp³-hybridized carbons (Fsp3) is 0.100. The van der Waals surface area contributed by atoms with Crippen molar-refractivity contribution in [2.75, 3.05) is 11.9 Å². The van der Waals surface area contributed by atoms with Crippen LogP contribution in [0.15, 0.2) is 64.1 Å². The highest BCUT2D eigenvalue weighted by Gasteiger charge is 2.14. The normalized spacial score (nSPS) is 10.8. The van der Waals surface area contributed by atoms with Crippen molar-refractivity contribution in [3.05, 3.63) is 81.1 Å². The number of amides is 1. The van der Waals surface area contributed by atoms with E-state index in [1.165, 1.54) is 24.4 Å². The lowest BCUT2D eigenvalue weighted by Crippen LogP contribution is -2.25. The van der Waals surface area contributed by atoms with E-state index in [1.807, 2.05) is 31.2 Å². The van der Waals surface area contributed by atoms with Gasteiger partial charge in [-0.2, -0.15) is 5.10 Å². The molecular weight excluding hydrogens is 396 g/mol. The zero-order valence-corrected chi connectivity index (χ0v) is 16.1. The summed E-state index contributed by atoms with van der Waals surface area (Å²) in [5.41, 5.74) is 4.66. The molecule has 0 aliphatic heterocycles. The number of nitro groups is 1. The smallest absolute Gasteiger partial charge is 0.270 e. The lowest BCUT2D eigenvalue weighted by Gasteiger charge is -2.05. The summed E-state index contributed by atoms with van der Waals surface area (Å²) in [5, 5.41) is 18.1. The molecule has 0 bridgehead atoms. The maximum absolute atomic E-state index is 11.8. The molecule has 0 atom stereocenters. The first-order valence-electron chi connectivity index (χ1n) is 8.59. The molecule has 0 radical (unpaired) electrons. The molecule has 3 aromatic rings. The molecule has 0 aliphatic carbocycles. The van der Waals surface area contributed by atoms with Gasteiger partial charge in [-0.3, -0.25) is 14.9 Å². The Balaban J connectivity index is 1.58. The number of anilines is 1. The lowest BCUT2D eigenvalue weighted by atomic mass is 10.1. The van der Waals surface area contributed by atoms with Gasteiger partial charge in [-0.25, -0.2) is 5.43 Å². The first-order chi connectivity index (χ1) is 13.9. The van der Waals surface area contributed by atoms with Crippen LogP contribution in [0.1, 0.15) is 11.3 Å². The van der Waals surface area contributed by atoms with E-state index in [4.69, 9.17) is 16.0 Å². The van der Waals surface area contributed by atoms with E-state index in [2.05, 4.69) is 15.8 Å². The van der Waals surface area contributed by atoms with E-state index in [0.29, 0.717) is 22.1 Å². The third-order valence-electron chi connectivity index (χ3n) is 3.94. The third-order valence-corrected chi connectivity index (χ3v) is 4.27. The highest BCUT2D eigenvalue weighted by Crippen LogP contribution is 2.32. The number of carbonyl (C=O) groups is 1. The van der Waals surface area contributed by atoms with Gasteiger partial charge in [-0.1, -0.05) is 29.3 Å². The topological polar surface area (TPSA) is 110 Å². The van der Waals surface area contributed by atoms with Crippen LogP contribution < -0.4 is 10.7 Å². The van der Waals surface area contributed by atoms with Gasteiger partial charge in [0, 0.05) is 23.4 Å². The zero-order valence-electron chi connectivity index (χ0n) is 15.4. The highest BCUT2D eigenvalue weighted by atomic mass is 35.5. The van der Waals surface area contributed by atoms with E-state index in [1.54, 1.807) is 12.1 Å². The first kappa shape index (κ1) is 20.1. The van der Waals surface area contributed by atoms with E-state index in [-0.39, 0.29) is 18.1 Å². The predicted molar refractivity (Wildman–Crippen MR) is 111 cm³/mol. The molecule has 0 fully saturated rings. The number of nitrogens with zero attached hydrogens (tertiary/aromatic N) is 2. The fourth-order valence-corrected chi connectivity index (χ4v) is 2.65. The van der Waals surface area contributed by atoms with Gasteiger partial charge in [0.25, 0.3) is 11.6 Å². The Morgan fingerprint density at radius 1 is 1.21 bits per heavy atom. The molecule has 3 rings (SSSR count). The van der Waals surface area contributed by atoms with Gasteiger partial charge >= 0.3 is 0 Å². The van der Waals surface area contributed by atoms with Crippen LogP contribution in [0.2, 0.25) is 5.02 Å². The summed E-state index contributed by atoms with van der Waals surface area (Å²) < 4.78 is 5.58. The number of hydrogen-bond donors (Lipinski definition) is 2. The number of aryl methyl sites for hydroxylation is 1. The van der Waals surface area contributed by atoms with Crippen molar-refractivity contribution in [3.63, 3.8) is 0 Å². The van der Waals surface area contributed by atoms with Crippen LogP contribution in [-0.4, -0.2) is 23.6 Å². The Bertz CT molecular complexity index is 1060. The van der Waals surface area contributed by atoms with Crippen molar-refractivity contribution in [1.82, 2.24) is 5.43 Å².